The van der Waals surface area contributed by atoms with Crippen LogP contribution in [0.1, 0.15) is 47.3 Å². The average Bonchev–Trinajstić information content (AvgIpc) is 3.45. The third kappa shape index (κ3) is 8.27. The lowest BCUT2D eigenvalue weighted by Gasteiger charge is -2.14. The molecular weight excluding hydrogens is 478 g/mol. The van der Waals surface area contributed by atoms with Crippen molar-refractivity contribution in [1.29, 1.82) is 0 Å². The number of carbonyl (C=O) groups excluding carboxylic acids is 3. The van der Waals surface area contributed by atoms with Gasteiger partial charge in [-0.3, -0.25) is 10.1 Å². The minimum atomic E-state index is -0.518. The van der Waals surface area contributed by atoms with Crippen LogP contribution in [0.4, 0.5) is 20.4 Å². The van der Waals surface area contributed by atoms with Gasteiger partial charge in [-0.25, -0.2) is 14.6 Å². The van der Waals surface area contributed by atoms with Gasteiger partial charge in [0.25, 0.3) is 0 Å². The highest BCUT2D eigenvalue weighted by Crippen LogP contribution is 2.31. The van der Waals surface area contributed by atoms with Crippen molar-refractivity contribution in [3.05, 3.63) is 40.4 Å². The number of amides is 3. The smallest absolute Gasteiger partial charge is 0.407 e. The number of aryl methyl sites for hydroxylation is 1. The molecule has 186 valence electrons. The van der Waals surface area contributed by atoms with Crippen LogP contribution in [-0.4, -0.2) is 55.0 Å². The number of carbonyl (C=O) groups is 3. The van der Waals surface area contributed by atoms with E-state index in [0.717, 1.165) is 31.2 Å². The fraction of sp³-hybridized carbons (Fsp3) is 0.478. The van der Waals surface area contributed by atoms with Gasteiger partial charge in [0.1, 0.15) is 6.61 Å². The molecule has 0 bridgehead atoms. The second-order valence-corrected chi connectivity index (χ2v) is 9.27. The Labute approximate surface area is 210 Å². The first-order chi connectivity index (χ1) is 15.8. The number of rotatable bonds is 9. The third-order valence-electron chi connectivity index (χ3n) is 5.37. The molecule has 11 heteroatoms. The zero-order chi connectivity index (χ0) is 23.8. The SMILES string of the molecule is Cc1ccc(NC(=O)Nc2nc(CNC(=O)OCCN(C)C)cs2)c(C(=O)C2CCCC2)c1.Cl. The Balaban J connectivity index is 0.00000408. The maximum Gasteiger partial charge on any atom is 0.407 e. The predicted molar refractivity (Wildman–Crippen MR) is 136 cm³/mol. The fourth-order valence-corrected chi connectivity index (χ4v) is 4.32. The number of hydrogen-bond acceptors (Lipinski definition) is 7. The number of anilines is 2. The summed E-state index contributed by atoms with van der Waals surface area (Å²) in [6.07, 6.45) is 3.42. The van der Waals surface area contributed by atoms with Crippen molar-refractivity contribution < 1.29 is 19.1 Å². The number of ether oxygens (including phenoxy) is 1. The van der Waals surface area contributed by atoms with Crippen LogP contribution in [-0.2, 0) is 11.3 Å². The van der Waals surface area contributed by atoms with E-state index < -0.39 is 12.1 Å². The van der Waals surface area contributed by atoms with Crippen LogP contribution in [0.25, 0.3) is 0 Å². The molecule has 0 radical (unpaired) electrons. The van der Waals surface area contributed by atoms with Crippen LogP contribution in [0.2, 0.25) is 0 Å². The second-order valence-electron chi connectivity index (χ2n) is 8.41. The Morgan fingerprint density at radius 1 is 1.18 bits per heavy atom. The number of urea groups is 1. The van der Waals surface area contributed by atoms with Gasteiger partial charge >= 0.3 is 12.1 Å². The van der Waals surface area contributed by atoms with E-state index in [2.05, 4.69) is 20.9 Å². The summed E-state index contributed by atoms with van der Waals surface area (Å²) < 4.78 is 5.06. The average molecular weight is 510 g/mol. The number of nitrogens with one attached hydrogen (secondary N) is 3. The van der Waals surface area contributed by atoms with Crippen LogP contribution < -0.4 is 16.0 Å². The van der Waals surface area contributed by atoms with Crippen molar-refractivity contribution in [2.24, 2.45) is 5.92 Å². The van der Waals surface area contributed by atoms with Gasteiger partial charge < -0.3 is 20.3 Å². The van der Waals surface area contributed by atoms with Crippen LogP contribution in [0.3, 0.4) is 0 Å². The van der Waals surface area contributed by atoms with Gasteiger partial charge in [0.05, 0.1) is 17.9 Å². The van der Waals surface area contributed by atoms with Crippen molar-refractivity contribution in [3.8, 4) is 0 Å². The van der Waals surface area contributed by atoms with E-state index in [1.807, 2.05) is 38.1 Å². The van der Waals surface area contributed by atoms with Gasteiger partial charge in [-0.05, 0) is 46.0 Å². The number of Topliss-reactive ketones (excluding diaryl/α,β-unsaturated/α-hetero) is 1. The summed E-state index contributed by atoms with van der Waals surface area (Å²) in [5.41, 5.74) is 2.62. The summed E-state index contributed by atoms with van der Waals surface area (Å²) in [6.45, 7) is 3.06. The Morgan fingerprint density at radius 2 is 1.91 bits per heavy atom. The minimum absolute atomic E-state index is 0. The standard InChI is InChI=1S/C23H31N5O4S.ClH/c1-15-8-9-19(18(12-15)20(29)16-6-4-5-7-16)26-21(30)27-22-25-17(14-33-22)13-24-23(31)32-11-10-28(2)3;/h8-9,12,14,16H,4-7,10-11,13H2,1-3H3,(H,24,31)(H2,25,26,27,30);1H. The van der Waals surface area contributed by atoms with Gasteiger partial charge in [-0.1, -0.05) is 24.5 Å². The number of nitrogens with zero attached hydrogens (tertiary/aromatic N) is 2. The Morgan fingerprint density at radius 3 is 2.62 bits per heavy atom. The highest BCUT2D eigenvalue weighted by Gasteiger charge is 2.26. The molecule has 34 heavy (non-hydrogen) atoms. The summed E-state index contributed by atoms with van der Waals surface area (Å²) in [7, 11) is 3.79. The van der Waals surface area contributed by atoms with Crippen molar-refractivity contribution >= 4 is 52.5 Å². The summed E-state index contributed by atoms with van der Waals surface area (Å²) in [6, 6.07) is 4.99. The molecule has 1 aliphatic carbocycles. The molecule has 2 aromatic rings. The molecule has 0 atom stereocenters. The third-order valence-corrected chi connectivity index (χ3v) is 6.18. The molecule has 1 heterocycles. The molecule has 1 fully saturated rings. The number of ketones is 1. The largest absolute Gasteiger partial charge is 0.448 e. The topological polar surface area (TPSA) is 113 Å². The Kier molecular flexibility index (Phi) is 10.7. The Hall–Kier alpha value is -2.69. The van der Waals surface area contributed by atoms with Gasteiger partial charge in [-0.15, -0.1) is 23.7 Å². The zero-order valence-electron chi connectivity index (χ0n) is 19.7. The molecule has 0 aliphatic heterocycles. The first-order valence-electron chi connectivity index (χ1n) is 11.0. The summed E-state index contributed by atoms with van der Waals surface area (Å²) in [5, 5.41) is 10.2. The molecule has 1 aromatic carbocycles. The molecule has 1 saturated carbocycles. The van der Waals surface area contributed by atoms with Crippen LogP contribution in [0, 0.1) is 12.8 Å². The highest BCUT2D eigenvalue weighted by molar-refractivity contribution is 7.13. The molecule has 0 saturated heterocycles. The first kappa shape index (κ1) is 27.6. The van der Waals surface area contributed by atoms with Crippen molar-refractivity contribution in [2.45, 2.75) is 39.2 Å². The van der Waals surface area contributed by atoms with E-state index in [1.54, 1.807) is 11.4 Å². The van der Waals surface area contributed by atoms with Gasteiger partial charge in [0.2, 0.25) is 0 Å². The number of alkyl carbamates (subject to hydrolysis) is 1. The Bertz CT molecular complexity index is 991. The predicted octanol–water partition coefficient (Wildman–Crippen LogP) is 4.68. The maximum absolute atomic E-state index is 13.0. The number of thiazole rings is 1. The second kappa shape index (κ2) is 13.3. The summed E-state index contributed by atoms with van der Waals surface area (Å²) in [5.74, 6) is 0.116. The lowest BCUT2D eigenvalue weighted by molar-refractivity contribution is 0.0923. The number of hydrogen-bond donors (Lipinski definition) is 3. The lowest BCUT2D eigenvalue weighted by atomic mass is 9.94. The number of halogens is 1. The molecule has 1 aromatic heterocycles. The molecular formula is C23H32ClN5O4S. The number of likely N-dealkylation sites (N-methyl/N-ethyl adjacent to an activating group) is 1. The maximum atomic E-state index is 13.0. The fourth-order valence-electron chi connectivity index (χ4n) is 3.61. The molecule has 9 nitrogen and oxygen atoms in total. The van der Waals surface area contributed by atoms with Gasteiger partial charge in [-0.2, -0.15) is 0 Å². The molecule has 3 rings (SSSR count). The molecule has 3 amide bonds. The summed E-state index contributed by atoms with van der Waals surface area (Å²) in [4.78, 5) is 43.4. The minimum Gasteiger partial charge on any atom is -0.448 e. The number of aromatic nitrogens is 1. The molecule has 1 aliphatic rings. The van der Waals surface area contributed by atoms with Crippen molar-refractivity contribution in [1.82, 2.24) is 15.2 Å². The summed E-state index contributed by atoms with van der Waals surface area (Å²) >= 11 is 1.25. The van der Waals surface area contributed by atoms with E-state index in [4.69, 9.17) is 4.74 Å². The van der Waals surface area contributed by atoms with Crippen LogP contribution in [0.15, 0.2) is 23.6 Å². The molecule has 0 unspecified atom stereocenters. The highest BCUT2D eigenvalue weighted by atomic mass is 35.5. The van der Waals surface area contributed by atoms with E-state index in [-0.39, 0.29) is 30.7 Å². The van der Waals surface area contributed by atoms with Gasteiger partial charge in [0.15, 0.2) is 10.9 Å². The van der Waals surface area contributed by atoms with E-state index >= 15 is 0 Å². The monoisotopic (exact) mass is 509 g/mol. The quantitative estimate of drug-likeness (QED) is 0.423. The normalized spacial score (nSPS) is 13.3. The van der Waals surface area contributed by atoms with E-state index in [9.17, 15) is 14.4 Å². The van der Waals surface area contributed by atoms with E-state index in [1.165, 1.54) is 11.3 Å². The lowest BCUT2D eigenvalue weighted by Crippen LogP contribution is -2.27. The molecule has 3 N–H and O–H groups in total. The van der Waals surface area contributed by atoms with E-state index in [0.29, 0.717) is 35.2 Å². The number of benzene rings is 1. The van der Waals surface area contributed by atoms with Crippen LogP contribution >= 0.6 is 23.7 Å². The van der Waals surface area contributed by atoms with Gasteiger partial charge in [0, 0.05) is 23.4 Å². The van der Waals surface area contributed by atoms with Crippen molar-refractivity contribution in [3.63, 3.8) is 0 Å². The van der Waals surface area contributed by atoms with Crippen LogP contribution in [0.5, 0.6) is 0 Å². The van der Waals surface area contributed by atoms with Crippen molar-refractivity contribution in [2.75, 3.05) is 37.9 Å². The molecule has 0 spiro atoms. The first-order valence-corrected chi connectivity index (χ1v) is 11.9. The zero-order valence-corrected chi connectivity index (χ0v) is 21.3.